The smallest absolute Gasteiger partial charge is 0.251 e. The summed E-state index contributed by atoms with van der Waals surface area (Å²) in [5, 5.41) is 2.59. The second kappa shape index (κ2) is 5.57. The third-order valence-corrected chi connectivity index (χ3v) is 3.78. The molecular weight excluding hydrogens is 294 g/mol. The second-order valence-corrected chi connectivity index (χ2v) is 6.63. The first-order valence-corrected chi connectivity index (χ1v) is 7.95. The monoisotopic (exact) mass is 309 g/mol. The summed E-state index contributed by atoms with van der Waals surface area (Å²) in [5.74, 6) is 0.554. The lowest BCUT2D eigenvalue weighted by Gasteiger charge is -2.06. The Kier molecular flexibility index (Phi) is 3.99. The zero-order valence-electron chi connectivity index (χ0n) is 11.6. The predicted octanol–water partition coefficient (Wildman–Crippen LogP) is 0.899. The molecule has 8 heteroatoms. The minimum atomic E-state index is -3.44. The Morgan fingerprint density at radius 2 is 2.10 bits per heavy atom. The van der Waals surface area contributed by atoms with Crippen molar-refractivity contribution in [2.75, 3.05) is 12.0 Å². The third kappa shape index (κ3) is 3.82. The van der Waals surface area contributed by atoms with Gasteiger partial charge in [-0.3, -0.25) is 4.79 Å². The lowest BCUT2D eigenvalue weighted by Crippen LogP contribution is -2.23. The van der Waals surface area contributed by atoms with Crippen LogP contribution in [0.5, 0.6) is 0 Å². The average Bonchev–Trinajstić information content (AvgIpc) is 2.80. The van der Waals surface area contributed by atoms with E-state index in [9.17, 15) is 13.2 Å². The number of amides is 1. The van der Waals surface area contributed by atoms with Crippen LogP contribution in [0.3, 0.4) is 0 Å². The molecule has 112 valence electrons. The highest BCUT2D eigenvalue weighted by Crippen LogP contribution is 2.17. The molecule has 7 nitrogen and oxygen atoms in total. The number of sulfone groups is 1. The molecule has 0 unspecified atom stereocenters. The van der Waals surface area contributed by atoms with E-state index in [1.54, 1.807) is 13.1 Å². The van der Waals surface area contributed by atoms with Gasteiger partial charge in [-0.1, -0.05) is 0 Å². The van der Waals surface area contributed by atoms with Crippen LogP contribution < -0.4 is 11.1 Å². The fourth-order valence-corrected chi connectivity index (χ4v) is 2.40. The maximum absolute atomic E-state index is 12.0. The summed E-state index contributed by atoms with van der Waals surface area (Å²) in [7, 11) is -3.44. The Morgan fingerprint density at radius 1 is 1.38 bits per heavy atom. The highest BCUT2D eigenvalue weighted by atomic mass is 32.2. The number of hydrogen-bond acceptors (Lipinski definition) is 6. The largest absolute Gasteiger partial charge is 0.444 e. The Morgan fingerprint density at radius 3 is 2.67 bits per heavy atom. The molecule has 2 rings (SSSR count). The maximum atomic E-state index is 12.0. The normalized spacial score (nSPS) is 11.3. The first-order valence-electron chi connectivity index (χ1n) is 6.06. The number of rotatable bonds is 4. The molecular formula is C13H15N3O4S. The van der Waals surface area contributed by atoms with Gasteiger partial charge in [-0.05, 0) is 25.1 Å². The van der Waals surface area contributed by atoms with Gasteiger partial charge in [0.2, 0.25) is 5.89 Å². The van der Waals surface area contributed by atoms with Crippen LogP contribution in [0, 0.1) is 6.92 Å². The highest BCUT2D eigenvalue weighted by molar-refractivity contribution is 7.90. The van der Waals surface area contributed by atoms with Gasteiger partial charge in [0.05, 0.1) is 17.6 Å². The van der Waals surface area contributed by atoms with Crippen molar-refractivity contribution in [3.8, 4) is 0 Å². The number of nitrogens with one attached hydrogen (secondary N) is 1. The van der Waals surface area contributed by atoms with Crippen LogP contribution in [0.2, 0.25) is 0 Å². The van der Waals surface area contributed by atoms with Crippen LogP contribution in [0.1, 0.15) is 22.0 Å². The summed E-state index contributed by atoms with van der Waals surface area (Å²) in [5.41, 5.74) is 6.00. The van der Waals surface area contributed by atoms with Crippen molar-refractivity contribution < 1.29 is 17.6 Å². The van der Waals surface area contributed by atoms with Crippen LogP contribution in [0.25, 0.3) is 0 Å². The van der Waals surface area contributed by atoms with Crippen LogP contribution in [-0.4, -0.2) is 25.6 Å². The van der Waals surface area contributed by atoms with E-state index in [4.69, 9.17) is 10.2 Å². The summed E-state index contributed by atoms with van der Waals surface area (Å²) in [6, 6.07) is 4.00. The Bertz CT molecular complexity index is 780. The molecule has 21 heavy (non-hydrogen) atoms. The average molecular weight is 309 g/mol. The lowest BCUT2D eigenvalue weighted by atomic mass is 10.2. The molecule has 0 saturated carbocycles. The summed E-state index contributed by atoms with van der Waals surface area (Å²) >= 11 is 0. The number of anilines is 1. The van der Waals surface area contributed by atoms with E-state index in [0.717, 1.165) is 6.26 Å². The first kappa shape index (κ1) is 15.0. The van der Waals surface area contributed by atoms with E-state index >= 15 is 0 Å². The van der Waals surface area contributed by atoms with Crippen molar-refractivity contribution in [2.45, 2.75) is 18.4 Å². The minimum absolute atomic E-state index is 0.000354. The maximum Gasteiger partial charge on any atom is 0.251 e. The van der Waals surface area contributed by atoms with E-state index in [0.29, 0.717) is 11.7 Å². The first-order chi connectivity index (χ1) is 9.75. The van der Waals surface area contributed by atoms with Crippen LogP contribution in [0.4, 0.5) is 5.69 Å². The molecule has 1 heterocycles. The molecule has 3 N–H and O–H groups in total. The number of oxazole rings is 1. The van der Waals surface area contributed by atoms with Crippen molar-refractivity contribution in [1.82, 2.24) is 10.3 Å². The fraction of sp³-hybridized carbons (Fsp3) is 0.231. The van der Waals surface area contributed by atoms with Gasteiger partial charge in [-0.25, -0.2) is 13.4 Å². The van der Waals surface area contributed by atoms with Gasteiger partial charge in [-0.2, -0.15) is 0 Å². The van der Waals surface area contributed by atoms with Crippen molar-refractivity contribution in [2.24, 2.45) is 0 Å². The standard InChI is InChI=1S/C13H15N3O4S/c1-8-6-15-12(20-8)7-16-13(17)9-3-10(14)5-11(4-9)21(2,18)19/h3-6H,7,14H2,1-2H3,(H,16,17). The van der Waals surface area contributed by atoms with E-state index < -0.39 is 15.7 Å². The van der Waals surface area contributed by atoms with Gasteiger partial charge < -0.3 is 15.5 Å². The number of carbonyl (C=O) groups is 1. The molecule has 0 aliphatic rings. The summed E-state index contributed by atoms with van der Waals surface area (Å²) in [6.07, 6.45) is 2.60. The van der Waals surface area contributed by atoms with Gasteiger partial charge in [0.25, 0.3) is 5.91 Å². The Hall–Kier alpha value is -2.35. The molecule has 1 amide bonds. The lowest BCUT2D eigenvalue weighted by molar-refractivity contribution is 0.0947. The molecule has 1 aromatic carbocycles. The zero-order valence-corrected chi connectivity index (χ0v) is 12.4. The summed E-state index contributed by atoms with van der Waals surface area (Å²) < 4.78 is 28.3. The van der Waals surface area contributed by atoms with E-state index in [2.05, 4.69) is 10.3 Å². The number of nitrogens with zero attached hydrogens (tertiary/aromatic N) is 1. The summed E-state index contributed by atoms with van der Waals surface area (Å²) in [4.78, 5) is 16.0. The van der Waals surface area contributed by atoms with Crippen molar-refractivity contribution in [1.29, 1.82) is 0 Å². The molecule has 1 aromatic heterocycles. The van der Waals surface area contributed by atoms with Crippen LogP contribution >= 0.6 is 0 Å². The number of benzene rings is 1. The minimum Gasteiger partial charge on any atom is -0.444 e. The zero-order chi connectivity index (χ0) is 15.6. The number of aryl methyl sites for hydroxylation is 1. The van der Waals surface area contributed by atoms with Crippen LogP contribution in [0.15, 0.2) is 33.7 Å². The molecule has 0 aliphatic carbocycles. The molecule has 2 aromatic rings. The number of nitrogen functional groups attached to an aromatic ring is 1. The van der Waals surface area contributed by atoms with Gasteiger partial charge in [-0.15, -0.1) is 0 Å². The fourth-order valence-electron chi connectivity index (χ4n) is 1.71. The van der Waals surface area contributed by atoms with Gasteiger partial charge >= 0.3 is 0 Å². The van der Waals surface area contributed by atoms with Crippen molar-refractivity contribution in [3.63, 3.8) is 0 Å². The van der Waals surface area contributed by atoms with E-state index in [1.807, 2.05) is 0 Å². The van der Waals surface area contributed by atoms with Gasteiger partial charge in [0.15, 0.2) is 9.84 Å². The van der Waals surface area contributed by atoms with E-state index in [-0.39, 0.29) is 22.7 Å². The highest BCUT2D eigenvalue weighted by Gasteiger charge is 2.14. The molecule has 0 saturated heterocycles. The second-order valence-electron chi connectivity index (χ2n) is 4.61. The predicted molar refractivity (Wildman–Crippen MR) is 76.4 cm³/mol. The topological polar surface area (TPSA) is 115 Å². The van der Waals surface area contributed by atoms with E-state index in [1.165, 1.54) is 18.2 Å². The third-order valence-electron chi connectivity index (χ3n) is 2.69. The number of carbonyl (C=O) groups excluding carboxylic acids is 1. The SMILES string of the molecule is Cc1cnc(CNC(=O)c2cc(N)cc(S(C)(=O)=O)c2)o1. The van der Waals surface area contributed by atoms with Crippen molar-refractivity contribution >= 4 is 21.4 Å². The molecule has 0 spiro atoms. The summed E-state index contributed by atoms with van der Waals surface area (Å²) in [6.45, 7) is 1.85. The van der Waals surface area contributed by atoms with Crippen molar-refractivity contribution in [3.05, 3.63) is 41.6 Å². The van der Waals surface area contributed by atoms with Crippen LogP contribution in [-0.2, 0) is 16.4 Å². The Labute approximate surface area is 122 Å². The van der Waals surface area contributed by atoms with Gasteiger partial charge in [0.1, 0.15) is 5.76 Å². The van der Waals surface area contributed by atoms with Gasteiger partial charge in [0, 0.05) is 17.5 Å². The molecule has 0 bridgehead atoms. The molecule has 0 fully saturated rings. The quantitative estimate of drug-likeness (QED) is 0.811. The molecule has 0 radical (unpaired) electrons. The molecule has 0 atom stereocenters. The molecule has 0 aliphatic heterocycles. The number of hydrogen-bond donors (Lipinski definition) is 2. The number of nitrogens with two attached hydrogens (primary N) is 1. The Balaban J connectivity index is 2.17. The number of aromatic nitrogens is 1.